The molecule has 120 valence electrons. The van der Waals surface area contributed by atoms with Crippen LogP contribution in [0.25, 0.3) is 21.5 Å². The summed E-state index contributed by atoms with van der Waals surface area (Å²) in [5.41, 5.74) is 1.16. The molecular formula is C20H24O2Si. The predicted octanol–water partition coefficient (Wildman–Crippen LogP) is 3.90. The first-order chi connectivity index (χ1) is 11.3. The summed E-state index contributed by atoms with van der Waals surface area (Å²) >= 11 is 0. The molecule has 0 amide bonds. The lowest BCUT2D eigenvalue weighted by Crippen LogP contribution is -2.15. The molecule has 0 radical (unpaired) electrons. The molecular weight excluding hydrogens is 300 g/mol. The first-order valence-corrected chi connectivity index (χ1v) is 10.9. The summed E-state index contributed by atoms with van der Waals surface area (Å²) in [6.07, 6.45) is 0.564. The summed E-state index contributed by atoms with van der Waals surface area (Å²) in [5, 5.41) is 14.9. The van der Waals surface area contributed by atoms with Crippen LogP contribution in [0.3, 0.4) is 0 Å². The third kappa shape index (κ3) is 3.99. The summed E-state index contributed by atoms with van der Waals surface area (Å²) in [5.74, 6) is 0. The number of ether oxygens (including phenoxy) is 1. The molecule has 2 nitrogen and oxygen atoms in total. The van der Waals surface area contributed by atoms with Crippen molar-refractivity contribution in [1.29, 1.82) is 0 Å². The van der Waals surface area contributed by atoms with Gasteiger partial charge >= 0.3 is 0 Å². The van der Waals surface area contributed by atoms with Gasteiger partial charge in [0.05, 0.1) is 19.3 Å². The van der Waals surface area contributed by atoms with Crippen LogP contribution < -0.4 is 0 Å². The summed E-state index contributed by atoms with van der Waals surface area (Å²) in [6.45, 7) is 3.26. The minimum Gasteiger partial charge on any atom is -0.391 e. The normalized spacial score (nSPS) is 13.3. The average molecular weight is 324 g/mol. The van der Waals surface area contributed by atoms with E-state index in [4.69, 9.17) is 4.74 Å². The molecule has 1 atom stereocenters. The topological polar surface area (TPSA) is 29.5 Å². The van der Waals surface area contributed by atoms with Gasteiger partial charge in [0.15, 0.2) is 0 Å². The van der Waals surface area contributed by atoms with E-state index in [2.05, 4.69) is 61.1 Å². The van der Waals surface area contributed by atoms with Crippen LogP contribution in [0.4, 0.5) is 0 Å². The van der Waals surface area contributed by atoms with Gasteiger partial charge in [0.25, 0.3) is 0 Å². The standard InChI is InChI=1S/C20H24O2Si/c1-23-11-10-18(21)14-22-13-15-6-7-17-9-8-16-4-2-3-5-19(16)20(17)12-15/h2-9,12,18,21H,10-11,13-14,23H2,1H3. The monoisotopic (exact) mass is 324 g/mol. The van der Waals surface area contributed by atoms with Crippen LogP contribution in [0, 0.1) is 0 Å². The molecule has 0 saturated heterocycles. The Labute approximate surface area is 139 Å². The van der Waals surface area contributed by atoms with E-state index < -0.39 is 0 Å². The zero-order valence-corrected chi connectivity index (χ0v) is 15.1. The Morgan fingerprint density at radius 2 is 1.74 bits per heavy atom. The lowest BCUT2D eigenvalue weighted by molar-refractivity contribution is 0.0270. The van der Waals surface area contributed by atoms with Crippen molar-refractivity contribution in [2.24, 2.45) is 0 Å². The second-order valence-corrected chi connectivity index (χ2v) is 7.86. The van der Waals surface area contributed by atoms with Crippen LogP contribution >= 0.6 is 0 Å². The highest BCUT2D eigenvalue weighted by molar-refractivity contribution is 6.33. The number of aliphatic hydroxyl groups is 1. The van der Waals surface area contributed by atoms with Gasteiger partial charge < -0.3 is 9.84 Å². The number of benzene rings is 3. The minimum absolute atomic E-state index is 0.0380. The quantitative estimate of drug-likeness (QED) is 0.528. The van der Waals surface area contributed by atoms with Gasteiger partial charge in [-0.15, -0.1) is 0 Å². The fraction of sp³-hybridized carbons (Fsp3) is 0.300. The van der Waals surface area contributed by atoms with Gasteiger partial charge in [0.1, 0.15) is 0 Å². The molecule has 3 heteroatoms. The van der Waals surface area contributed by atoms with Gasteiger partial charge in [-0.1, -0.05) is 61.1 Å². The largest absolute Gasteiger partial charge is 0.391 e. The molecule has 0 saturated carbocycles. The highest BCUT2D eigenvalue weighted by Gasteiger charge is 2.05. The van der Waals surface area contributed by atoms with Gasteiger partial charge in [-0.25, -0.2) is 0 Å². The molecule has 3 rings (SSSR count). The van der Waals surface area contributed by atoms with Crippen LogP contribution in [0.5, 0.6) is 0 Å². The first kappa shape index (κ1) is 16.2. The Morgan fingerprint density at radius 3 is 2.57 bits per heavy atom. The Kier molecular flexibility index (Phi) is 5.44. The van der Waals surface area contributed by atoms with Crippen LogP contribution in [0.1, 0.15) is 12.0 Å². The predicted molar refractivity (Wildman–Crippen MR) is 101 cm³/mol. The summed E-state index contributed by atoms with van der Waals surface area (Å²) < 4.78 is 5.70. The van der Waals surface area contributed by atoms with Crippen LogP contribution in [0.15, 0.2) is 54.6 Å². The number of hydrogen-bond acceptors (Lipinski definition) is 2. The molecule has 0 aliphatic carbocycles. The fourth-order valence-corrected chi connectivity index (χ4v) is 3.85. The van der Waals surface area contributed by atoms with E-state index in [9.17, 15) is 5.11 Å². The molecule has 3 aromatic rings. The molecule has 3 aromatic carbocycles. The van der Waals surface area contributed by atoms with E-state index in [1.165, 1.54) is 27.6 Å². The summed E-state index contributed by atoms with van der Waals surface area (Å²) in [6, 6.07) is 20.5. The second kappa shape index (κ2) is 7.73. The number of fused-ring (bicyclic) bond motifs is 3. The molecule has 0 aromatic heterocycles. The lowest BCUT2D eigenvalue weighted by Gasteiger charge is -2.11. The van der Waals surface area contributed by atoms with E-state index >= 15 is 0 Å². The number of hydrogen-bond donors (Lipinski definition) is 1. The molecule has 0 heterocycles. The smallest absolute Gasteiger partial charge is 0.0771 e. The van der Waals surface area contributed by atoms with Gasteiger partial charge in [0, 0.05) is 9.52 Å². The van der Waals surface area contributed by atoms with E-state index in [-0.39, 0.29) is 15.6 Å². The number of rotatable bonds is 7. The molecule has 0 fully saturated rings. The van der Waals surface area contributed by atoms with Crippen molar-refractivity contribution in [3.63, 3.8) is 0 Å². The molecule has 0 bridgehead atoms. The average Bonchev–Trinajstić information content (AvgIpc) is 2.60. The summed E-state index contributed by atoms with van der Waals surface area (Å²) in [4.78, 5) is 0. The van der Waals surface area contributed by atoms with Gasteiger partial charge in [0.2, 0.25) is 0 Å². The van der Waals surface area contributed by atoms with Crippen molar-refractivity contribution < 1.29 is 9.84 Å². The fourth-order valence-electron chi connectivity index (χ4n) is 2.97. The van der Waals surface area contributed by atoms with Crippen molar-refractivity contribution in [2.75, 3.05) is 6.61 Å². The van der Waals surface area contributed by atoms with Gasteiger partial charge in [-0.2, -0.15) is 0 Å². The Balaban J connectivity index is 1.73. The minimum atomic E-state index is -0.316. The van der Waals surface area contributed by atoms with Crippen molar-refractivity contribution in [2.45, 2.75) is 31.7 Å². The highest BCUT2D eigenvalue weighted by Crippen LogP contribution is 2.26. The first-order valence-electron chi connectivity index (χ1n) is 8.44. The van der Waals surface area contributed by atoms with E-state index in [0.29, 0.717) is 13.2 Å². The van der Waals surface area contributed by atoms with Crippen LogP contribution in [-0.2, 0) is 11.3 Å². The zero-order valence-electron chi connectivity index (χ0n) is 13.7. The lowest BCUT2D eigenvalue weighted by atomic mass is 10.0. The van der Waals surface area contributed by atoms with Crippen molar-refractivity contribution in [1.82, 2.24) is 0 Å². The van der Waals surface area contributed by atoms with Gasteiger partial charge in [-0.3, -0.25) is 0 Å². The zero-order chi connectivity index (χ0) is 16.1. The van der Waals surface area contributed by atoms with Crippen molar-refractivity contribution in [3.05, 3.63) is 60.2 Å². The Bertz CT molecular complexity index is 785. The summed E-state index contributed by atoms with van der Waals surface area (Å²) in [7, 11) is 0.0380. The molecule has 0 spiro atoms. The molecule has 1 unspecified atom stereocenters. The third-order valence-corrected chi connectivity index (χ3v) is 5.40. The van der Waals surface area contributed by atoms with Crippen molar-refractivity contribution >= 4 is 31.1 Å². The maximum Gasteiger partial charge on any atom is 0.0771 e. The van der Waals surface area contributed by atoms with E-state index in [0.717, 1.165) is 12.0 Å². The third-order valence-electron chi connectivity index (χ3n) is 4.28. The molecule has 23 heavy (non-hydrogen) atoms. The van der Waals surface area contributed by atoms with Crippen LogP contribution in [-0.4, -0.2) is 27.3 Å². The molecule has 0 aliphatic rings. The molecule has 0 aliphatic heterocycles. The van der Waals surface area contributed by atoms with Gasteiger partial charge in [-0.05, 0) is 39.6 Å². The van der Waals surface area contributed by atoms with Crippen molar-refractivity contribution in [3.8, 4) is 0 Å². The Morgan fingerprint density at radius 1 is 1.00 bits per heavy atom. The highest BCUT2D eigenvalue weighted by atomic mass is 28.2. The number of aliphatic hydroxyl groups excluding tert-OH is 1. The molecule has 1 N–H and O–H groups in total. The maximum atomic E-state index is 9.87. The van der Waals surface area contributed by atoms with E-state index in [1.807, 2.05) is 0 Å². The second-order valence-electron chi connectivity index (χ2n) is 6.15. The van der Waals surface area contributed by atoms with Crippen LogP contribution in [0.2, 0.25) is 12.6 Å². The maximum absolute atomic E-state index is 9.87. The Hall–Kier alpha value is -1.68. The van der Waals surface area contributed by atoms with E-state index in [1.54, 1.807) is 0 Å². The SMILES string of the molecule is C[SiH2]CCC(O)COCc1ccc2ccc3ccccc3c2c1.